The Morgan fingerprint density at radius 2 is 2.29 bits per heavy atom. The Bertz CT molecular complexity index is 421. The van der Waals surface area contributed by atoms with Gasteiger partial charge in [-0.05, 0) is 44.0 Å². The van der Waals surface area contributed by atoms with Crippen LogP contribution in [0, 0.1) is 6.92 Å². The van der Waals surface area contributed by atoms with E-state index < -0.39 is 0 Å². The number of carbonyl (C=O) groups is 1. The molecule has 92 valence electrons. The highest BCUT2D eigenvalue weighted by atomic mass is 16.6. The van der Waals surface area contributed by atoms with E-state index in [1.807, 2.05) is 25.1 Å². The van der Waals surface area contributed by atoms with Gasteiger partial charge < -0.3 is 9.47 Å². The van der Waals surface area contributed by atoms with E-state index in [1.165, 1.54) is 0 Å². The van der Waals surface area contributed by atoms with Crippen molar-refractivity contribution in [2.75, 3.05) is 6.61 Å². The molecule has 0 N–H and O–H groups in total. The van der Waals surface area contributed by atoms with Crippen LogP contribution in [0.4, 0.5) is 0 Å². The number of aryl methyl sites for hydroxylation is 1. The highest BCUT2D eigenvalue weighted by Crippen LogP contribution is 2.26. The van der Waals surface area contributed by atoms with Crippen LogP contribution in [0.1, 0.15) is 36.2 Å². The van der Waals surface area contributed by atoms with Gasteiger partial charge in [-0.2, -0.15) is 0 Å². The van der Waals surface area contributed by atoms with E-state index in [1.54, 1.807) is 6.92 Å². The molecule has 0 aromatic heterocycles. The van der Waals surface area contributed by atoms with Gasteiger partial charge in [-0.1, -0.05) is 6.92 Å². The van der Waals surface area contributed by atoms with Gasteiger partial charge in [-0.15, -0.1) is 0 Å². The van der Waals surface area contributed by atoms with Crippen LogP contribution in [0.2, 0.25) is 0 Å². The van der Waals surface area contributed by atoms with Crippen LogP contribution in [0.15, 0.2) is 18.2 Å². The van der Waals surface area contributed by atoms with Gasteiger partial charge >= 0.3 is 0 Å². The van der Waals surface area contributed by atoms with Crippen LogP contribution in [0.5, 0.6) is 5.75 Å². The number of benzene rings is 1. The number of ketones is 1. The third-order valence-electron chi connectivity index (χ3n) is 3.04. The Balaban J connectivity index is 2.12. The first-order valence-corrected chi connectivity index (χ1v) is 6.01. The zero-order valence-electron chi connectivity index (χ0n) is 10.5. The molecule has 0 aliphatic carbocycles. The molecule has 17 heavy (non-hydrogen) atoms. The third kappa shape index (κ3) is 2.86. The van der Waals surface area contributed by atoms with Crippen LogP contribution in [0.3, 0.4) is 0 Å². The lowest BCUT2D eigenvalue weighted by Crippen LogP contribution is -2.22. The second kappa shape index (κ2) is 4.88. The molecule has 1 heterocycles. The molecule has 1 aromatic rings. The predicted molar refractivity (Wildman–Crippen MR) is 65.6 cm³/mol. The molecule has 0 radical (unpaired) electrons. The standard InChI is InChI=1S/C14H18O3/c1-4-12(14-8-16-14)17-13-6-5-11(10(3)15)7-9(13)2/h5-7,12,14H,4,8H2,1-3H3. The van der Waals surface area contributed by atoms with Crippen LogP contribution >= 0.6 is 0 Å². The van der Waals surface area contributed by atoms with Crippen molar-refractivity contribution in [3.8, 4) is 5.75 Å². The smallest absolute Gasteiger partial charge is 0.159 e. The lowest BCUT2D eigenvalue weighted by atomic mass is 10.1. The molecule has 1 aromatic carbocycles. The summed E-state index contributed by atoms with van der Waals surface area (Å²) in [6, 6.07) is 5.56. The summed E-state index contributed by atoms with van der Waals surface area (Å²) in [4.78, 5) is 11.2. The molecule has 0 amide bonds. The molecule has 1 fully saturated rings. The van der Waals surface area contributed by atoms with Crippen LogP contribution < -0.4 is 4.74 Å². The third-order valence-corrected chi connectivity index (χ3v) is 3.04. The Hall–Kier alpha value is -1.35. The average Bonchev–Trinajstić information content (AvgIpc) is 3.11. The second-order valence-corrected chi connectivity index (χ2v) is 4.47. The first-order valence-electron chi connectivity index (χ1n) is 6.01. The maximum absolute atomic E-state index is 11.2. The number of hydrogen-bond acceptors (Lipinski definition) is 3. The van der Waals surface area contributed by atoms with E-state index in [0.29, 0.717) is 0 Å². The fourth-order valence-electron chi connectivity index (χ4n) is 1.86. The minimum absolute atomic E-state index is 0.0808. The van der Waals surface area contributed by atoms with E-state index in [2.05, 4.69) is 6.92 Å². The number of Topliss-reactive ketones (excluding diaryl/α,β-unsaturated/α-hetero) is 1. The summed E-state index contributed by atoms with van der Waals surface area (Å²) in [7, 11) is 0. The molecule has 3 nitrogen and oxygen atoms in total. The molecular formula is C14H18O3. The summed E-state index contributed by atoms with van der Waals surface area (Å²) in [6.45, 7) is 6.42. The molecule has 2 rings (SSSR count). The van der Waals surface area contributed by atoms with E-state index in [4.69, 9.17) is 9.47 Å². The van der Waals surface area contributed by atoms with E-state index in [0.717, 1.165) is 29.9 Å². The van der Waals surface area contributed by atoms with Crippen molar-refractivity contribution in [2.45, 2.75) is 39.4 Å². The first-order chi connectivity index (χ1) is 8.11. The predicted octanol–water partition coefficient (Wildman–Crippen LogP) is 2.75. The normalized spacial score (nSPS) is 19.8. The van der Waals surface area contributed by atoms with Crippen molar-refractivity contribution in [3.05, 3.63) is 29.3 Å². The zero-order valence-corrected chi connectivity index (χ0v) is 10.5. The number of hydrogen-bond donors (Lipinski definition) is 0. The fourth-order valence-corrected chi connectivity index (χ4v) is 1.86. The van der Waals surface area contributed by atoms with Gasteiger partial charge in [-0.3, -0.25) is 4.79 Å². The van der Waals surface area contributed by atoms with E-state index in [9.17, 15) is 4.79 Å². The van der Waals surface area contributed by atoms with Gasteiger partial charge in [0.1, 0.15) is 18.0 Å². The number of rotatable bonds is 5. The molecule has 1 saturated heterocycles. The molecule has 1 aliphatic rings. The van der Waals surface area contributed by atoms with Crippen molar-refractivity contribution in [1.29, 1.82) is 0 Å². The maximum Gasteiger partial charge on any atom is 0.159 e. The topological polar surface area (TPSA) is 38.8 Å². The summed E-state index contributed by atoms with van der Waals surface area (Å²) >= 11 is 0. The van der Waals surface area contributed by atoms with Crippen molar-refractivity contribution in [1.82, 2.24) is 0 Å². The van der Waals surface area contributed by atoms with Crippen molar-refractivity contribution in [2.24, 2.45) is 0 Å². The van der Waals surface area contributed by atoms with Crippen molar-refractivity contribution in [3.63, 3.8) is 0 Å². The number of ether oxygens (including phenoxy) is 2. The summed E-state index contributed by atoms with van der Waals surface area (Å²) in [6.07, 6.45) is 1.29. The van der Waals surface area contributed by atoms with Gasteiger partial charge in [0.05, 0.1) is 6.61 Å². The molecule has 0 spiro atoms. The van der Waals surface area contributed by atoms with E-state index in [-0.39, 0.29) is 18.0 Å². The average molecular weight is 234 g/mol. The van der Waals surface area contributed by atoms with Gasteiger partial charge in [0, 0.05) is 5.56 Å². The lowest BCUT2D eigenvalue weighted by Gasteiger charge is -2.17. The highest BCUT2D eigenvalue weighted by Gasteiger charge is 2.33. The Kier molecular flexibility index (Phi) is 3.48. The molecule has 0 bridgehead atoms. The highest BCUT2D eigenvalue weighted by molar-refractivity contribution is 5.94. The maximum atomic E-state index is 11.2. The molecule has 2 unspecified atom stereocenters. The first kappa shape index (κ1) is 12.1. The minimum atomic E-state index is 0.0808. The van der Waals surface area contributed by atoms with Crippen LogP contribution in [0.25, 0.3) is 0 Å². The SMILES string of the molecule is CCC(Oc1ccc(C(C)=O)cc1C)C1CO1. The molecular weight excluding hydrogens is 216 g/mol. The zero-order chi connectivity index (χ0) is 12.4. The molecule has 2 atom stereocenters. The monoisotopic (exact) mass is 234 g/mol. The van der Waals surface area contributed by atoms with Crippen molar-refractivity contribution < 1.29 is 14.3 Å². The minimum Gasteiger partial charge on any atom is -0.487 e. The molecule has 3 heteroatoms. The summed E-state index contributed by atoms with van der Waals surface area (Å²) in [5.41, 5.74) is 1.72. The largest absolute Gasteiger partial charge is 0.487 e. The van der Waals surface area contributed by atoms with Gasteiger partial charge in [0.25, 0.3) is 0 Å². The number of carbonyl (C=O) groups excluding carboxylic acids is 1. The summed E-state index contributed by atoms with van der Waals surface area (Å²) in [5.74, 6) is 0.926. The van der Waals surface area contributed by atoms with Crippen molar-refractivity contribution >= 4 is 5.78 Å². The Morgan fingerprint density at radius 3 is 2.76 bits per heavy atom. The fraction of sp³-hybridized carbons (Fsp3) is 0.500. The number of epoxide rings is 1. The lowest BCUT2D eigenvalue weighted by molar-refractivity contribution is 0.101. The van der Waals surface area contributed by atoms with Crippen LogP contribution in [-0.2, 0) is 4.74 Å². The second-order valence-electron chi connectivity index (χ2n) is 4.47. The summed E-state index contributed by atoms with van der Waals surface area (Å²) in [5, 5.41) is 0. The van der Waals surface area contributed by atoms with Gasteiger partial charge in [0.15, 0.2) is 5.78 Å². The van der Waals surface area contributed by atoms with Gasteiger partial charge in [-0.25, -0.2) is 0 Å². The molecule has 1 aliphatic heterocycles. The Morgan fingerprint density at radius 1 is 1.59 bits per heavy atom. The van der Waals surface area contributed by atoms with Crippen LogP contribution in [-0.4, -0.2) is 24.6 Å². The molecule has 0 saturated carbocycles. The quantitative estimate of drug-likeness (QED) is 0.581. The summed E-state index contributed by atoms with van der Waals surface area (Å²) < 4.78 is 11.2. The Labute approximate surface area is 102 Å². The van der Waals surface area contributed by atoms with Gasteiger partial charge in [0.2, 0.25) is 0 Å². The van der Waals surface area contributed by atoms with E-state index >= 15 is 0 Å².